The Kier molecular flexibility index (Phi) is 4.47. The van der Waals surface area contributed by atoms with Gasteiger partial charge in [0, 0.05) is 23.2 Å². The van der Waals surface area contributed by atoms with Crippen LogP contribution in [0.15, 0.2) is 71.3 Å². The van der Waals surface area contributed by atoms with Gasteiger partial charge in [0.05, 0.1) is 24.1 Å². The Morgan fingerprint density at radius 1 is 1.03 bits per heavy atom. The molecule has 0 spiro atoms. The van der Waals surface area contributed by atoms with Crippen LogP contribution in [-0.4, -0.2) is 26.6 Å². The van der Waals surface area contributed by atoms with E-state index in [9.17, 15) is 13.2 Å². The SMILES string of the molecule is O=C(Cc1coc2ccc3ccccc3c12)Nc1ccc(N2CCCS2(=O)=O)cc1. The van der Waals surface area contributed by atoms with Crippen LogP contribution in [-0.2, 0) is 21.2 Å². The highest BCUT2D eigenvalue weighted by Gasteiger charge is 2.28. The minimum atomic E-state index is -3.21. The van der Waals surface area contributed by atoms with E-state index in [-0.39, 0.29) is 18.1 Å². The molecule has 152 valence electrons. The molecule has 1 aromatic heterocycles. The number of benzene rings is 3. The van der Waals surface area contributed by atoms with Gasteiger partial charge < -0.3 is 9.73 Å². The van der Waals surface area contributed by atoms with E-state index in [0.717, 1.165) is 27.3 Å². The van der Waals surface area contributed by atoms with Crippen molar-refractivity contribution in [3.63, 3.8) is 0 Å². The molecule has 1 amide bonds. The maximum Gasteiger partial charge on any atom is 0.235 e. The van der Waals surface area contributed by atoms with E-state index in [4.69, 9.17) is 4.42 Å². The molecule has 1 aliphatic rings. The molecule has 0 atom stereocenters. The number of nitrogens with one attached hydrogen (secondary N) is 1. The van der Waals surface area contributed by atoms with Gasteiger partial charge in [0.2, 0.25) is 15.9 Å². The number of hydrogen-bond donors (Lipinski definition) is 1. The zero-order valence-corrected chi connectivity index (χ0v) is 17.0. The number of anilines is 2. The molecular formula is C23H20N2O4S. The fourth-order valence-electron chi connectivity index (χ4n) is 4.02. The van der Waals surface area contributed by atoms with Crippen LogP contribution in [0.4, 0.5) is 11.4 Å². The van der Waals surface area contributed by atoms with Crippen molar-refractivity contribution >= 4 is 49.0 Å². The zero-order valence-electron chi connectivity index (χ0n) is 16.2. The van der Waals surface area contributed by atoms with Gasteiger partial charge in [-0.25, -0.2) is 8.42 Å². The lowest BCUT2D eigenvalue weighted by Crippen LogP contribution is -2.25. The van der Waals surface area contributed by atoms with Gasteiger partial charge in [0.25, 0.3) is 0 Å². The highest BCUT2D eigenvalue weighted by molar-refractivity contribution is 7.93. The lowest BCUT2D eigenvalue weighted by atomic mass is 10.0. The summed E-state index contributed by atoms with van der Waals surface area (Å²) in [5.41, 5.74) is 2.84. The van der Waals surface area contributed by atoms with Crippen LogP contribution < -0.4 is 9.62 Å². The third kappa shape index (κ3) is 3.31. The third-order valence-corrected chi connectivity index (χ3v) is 7.30. The molecule has 0 unspecified atom stereocenters. The Morgan fingerprint density at radius 2 is 1.83 bits per heavy atom. The average Bonchev–Trinajstić information content (AvgIpc) is 3.31. The van der Waals surface area contributed by atoms with Crippen molar-refractivity contribution in [3.8, 4) is 0 Å². The smallest absolute Gasteiger partial charge is 0.235 e. The molecular weight excluding hydrogens is 400 g/mol. The summed E-state index contributed by atoms with van der Waals surface area (Å²) in [6.07, 6.45) is 2.45. The molecule has 0 aliphatic carbocycles. The van der Waals surface area contributed by atoms with Crippen molar-refractivity contribution in [1.82, 2.24) is 0 Å². The van der Waals surface area contributed by atoms with Gasteiger partial charge in [-0.2, -0.15) is 0 Å². The summed E-state index contributed by atoms with van der Waals surface area (Å²) >= 11 is 0. The molecule has 5 rings (SSSR count). The van der Waals surface area contributed by atoms with Crippen molar-refractivity contribution in [3.05, 3.63) is 72.5 Å². The first kappa shape index (κ1) is 18.7. The third-order valence-electron chi connectivity index (χ3n) is 5.43. The number of furan rings is 1. The van der Waals surface area contributed by atoms with Gasteiger partial charge in [-0.1, -0.05) is 30.3 Å². The Bertz CT molecular complexity index is 1360. The largest absolute Gasteiger partial charge is 0.464 e. The van der Waals surface area contributed by atoms with Crippen LogP contribution >= 0.6 is 0 Å². The summed E-state index contributed by atoms with van der Waals surface area (Å²) in [5, 5.41) is 6.00. The van der Waals surface area contributed by atoms with Crippen LogP contribution in [0.3, 0.4) is 0 Å². The molecule has 2 heterocycles. The first-order chi connectivity index (χ1) is 14.5. The lowest BCUT2D eigenvalue weighted by Gasteiger charge is -2.17. The molecule has 6 nitrogen and oxygen atoms in total. The fraction of sp³-hybridized carbons (Fsp3) is 0.174. The summed E-state index contributed by atoms with van der Waals surface area (Å²) in [6, 6.07) is 18.8. The van der Waals surface area contributed by atoms with Gasteiger partial charge in [0.1, 0.15) is 5.58 Å². The zero-order chi connectivity index (χ0) is 20.7. The monoisotopic (exact) mass is 420 g/mol. The number of fused-ring (bicyclic) bond motifs is 3. The van der Waals surface area contributed by atoms with E-state index in [1.165, 1.54) is 4.31 Å². The summed E-state index contributed by atoms with van der Waals surface area (Å²) in [5.74, 6) is 0.0194. The molecule has 1 fully saturated rings. The van der Waals surface area contributed by atoms with Gasteiger partial charge in [0.15, 0.2) is 0 Å². The van der Waals surface area contributed by atoms with Crippen LogP contribution in [0.2, 0.25) is 0 Å². The molecule has 4 aromatic rings. The van der Waals surface area contributed by atoms with Crippen molar-refractivity contribution in [2.24, 2.45) is 0 Å². The quantitative estimate of drug-likeness (QED) is 0.534. The molecule has 1 N–H and O–H groups in total. The molecule has 3 aromatic carbocycles. The van der Waals surface area contributed by atoms with Crippen molar-refractivity contribution in [2.45, 2.75) is 12.8 Å². The molecule has 0 saturated carbocycles. The van der Waals surface area contributed by atoms with Crippen molar-refractivity contribution < 1.29 is 17.6 Å². The predicted octanol–water partition coefficient (Wildman–Crippen LogP) is 4.31. The maximum absolute atomic E-state index is 12.6. The number of rotatable bonds is 4. The van der Waals surface area contributed by atoms with E-state index >= 15 is 0 Å². The molecule has 0 radical (unpaired) electrons. The number of carbonyl (C=O) groups excluding carboxylic acids is 1. The van der Waals surface area contributed by atoms with Crippen LogP contribution in [0.1, 0.15) is 12.0 Å². The topological polar surface area (TPSA) is 79.6 Å². The van der Waals surface area contributed by atoms with Crippen LogP contribution in [0.5, 0.6) is 0 Å². The second kappa shape index (κ2) is 7.18. The van der Waals surface area contributed by atoms with E-state index in [0.29, 0.717) is 24.3 Å². The Balaban J connectivity index is 1.35. The number of nitrogens with zero attached hydrogens (tertiary/aromatic N) is 1. The summed E-state index contributed by atoms with van der Waals surface area (Å²) in [4.78, 5) is 12.6. The molecule has 0 bridgehead atoms. The number of hydrogen-bond acceptors (Lipinski definition) is 4. The lowest BCUT2D eigenvalue weighted by molar-refractivity contribution is -0.115. The average molecular weight is 420 g/mol. The second-order valence-electron chi connectivity index (χ2n) is 7.43. The fourth-order valence-corrected chi connectivity index (χ4v) is 5.59. The highest BCUT2D eigenvalue weighted by atomic mass is 32.2. The minimum Gasteiger partial charge on any atom is -0.464 e. The molecule has 1 saturated heterocycles. The Morgan fingerprint density at radius 3 is 2.60 bits per heavy atom. The molecule has 1 aliphatic heterocycles. The van der Waals surface area contributed by atoms with Gasteiger partial charge >= 0.3 is 0 Å². The van der Waals surface area contributed by atoms with E-state index < -0.39 is 10.0 Å². The standard InChI is InChI=1S/C23H20N2O4S/c26-22(24-18-7-9-19(10-8-18)25-12-3-13-30(25,27)28)14-17-15-29-21-11-6-16-4-1-2-5-20(16)23(17)21/h1-2,4-11,15H,3,12-14H2,(H,24,26). The maximum atomic E-state index is 12.6. The number of sulfonamides is 1. The van der Waals surface area contributed by atoms with E-state index in [1.807, 2.05) is 36.4 Å². The van der Waals surface area contributed by atoms with E-state index in [1.54, 1.807) is 30.5 Å². The Labute approximate surface area is 174 Å². The van der Waals surface area contributed by atoms with Gasteiger partial charge in [-0.05, 0) is 47.5 Å². The minimum absolute atomic E-state index is 0.160. The van der Waals surface area contributed by atoms with Crippen molar-refractivity contribution in [2.75, 3.05) is 21.9 Å². The van der Waals surface area contributed by atoms with Crippen LogP contribution in [0, 0.1) is 0 Å². The number of carbonyl (C=O) groups is 1. The first-order valence-corrected chi connectivity index (χ1v) is 11.4. The number of amides is 1. The highest BCUT2D eigenvalue weighted by Crippen LogP contribution is 2.30. The molecule has 7 heteroatoms. The first-order valence-electron chi connectivity index (χ1n) is 9.79. The van der Waals surface area contributed by atoms with Crippen molar-refractivity contribution in [1.29, 1.82) is 0 Å². The predicted molar refractivity (Wildman–Crippen MR) is 118 cm³/mol. The molecule has 30 heavy (non-hydrogen) atoms. The van der Waals surface area contributed by atoms with Crippen LogP contribution in [0.25, 0.3) is 21.7 Å². The van der Waals surface area contributed by atoms with Gasteiger partial charge in [-0.3, -0.25) is 9.10 Å². The summed E-state index contributed by atoms with van der Waals surface area (Å²) in [7, 11) is -3.21. The summed E-state index contributed by atoms with van der Waals surface area (Å²) in [6.45, 7) is 0.496. The normalized spacial score (nSPS) is 15.7. The second-order valence-corrected chi connectivity index (χ2v) is 9.45. The van der Waals surface area contributed by atoms with Gasteiger partial charge in [-0.15, -0.1) is 0 Å². The summed E-state index contributed by atoms with van der Waals surface area (Å²) < 4.78 is 31.2. The Hall–Kier alpha value is -3.32. The van der Waals surface area contributed by atoms with E-state index in [2.05, 4.69) is 5.32 Å².